The van der Waals surface area contributed by atoms with Crippen molar-refractivity contribution in [2.75, 3.05) is 0 Å². The molecule has 0 bridgehead atoms. The van der Waals surface area contributed by atoms with E-state index in [9.17, 15) is 0 Å². The van der Waals surface area contributed by atoms with Crippen molar-refractivity contribution in [3.8, 4) is 0 Å². The highest BCUT2D eigenvalue weighted by Gasteiger charge is 1.83. The average molecular weight is 114 g/mol. The summed E-state index contributed by atoms with van der Waals surface area (Å²) in [6.45, 7) is 0.250. The molecule has 0 saturated heterocycles. The molecular weight excluding hydrogens is 108 g/mol. The summed E-state index contributed by atoms with van der Waals surface area (Å²) >= 11 is 0. The molecule has 0 aliphatic rings. The quantitative estimate of drug-likeness (QED) is 0.507. The Bertz CT molecular complexity index is 137. The minimum atomic E-state index is 0.250. The van der Waals surface area contributed by atoms with Gasteiger partial charge in [0.05, 0.1) is 0 Å². The van der Waals surface area contributed by atoms with Crippen LogP contribution in [0, 0.1) is 0 Å². The van der Waals surface area contributed by atoms with Crippen LogP contribution in [0.1, 0.15) is 0 Å². The molecule has 44 valence electrons. The average Bonchev–Trinajstić information content (AvgIpc) is 2.19. The van der Waals surface area contributed by atoms with Crippen LogP contribution in [-0.4, -0.2) is 14.8 Å². The van der Waals surface area contributed by atoms with Gasteiger partial charge >= 0.3 is 0 Å². The van der Waals surface area contributed by atoms with E-state index in [1.165, 1.54) is 17.3 Å². The van der Waals surface area contributed by atoms with Gasteiger partial charge in [0, 0.05) is 0 Å². The molecule has 1 aromatic heterocycles. The van der Waals surface area contributed by atoms with Crippen molar-refractivity contribution in [1.29, 1.82) is 0 Å². The molecule has 0 aromatic carbocycles. The Morgan fingerprint density at radius 2 is 2.62 bits per heavy atom. The third-order valence-electron chi connectivity index (χ3n) is 0.673. The van der Waals surface area contributed by atoms with Gasteiger partial charge in [0.15, 0.2) is 6.73 Å². The van der Waals surface area contributed by atoms with Crippen molar-refractivity contribution in [2.24, 2.45) is 5.90 Å². The number of rotatable bonds is 2. The van der Waals surface area contributed by atoms with Crippen molar-refractivity contribution in [1.82, 2.24) is 14.8 Å². The van der Waals surface area contributed by atoms with Gasteiger partial charge in [-0.2, -0.15) is 5.10 Å². The lowest BCUT2D eigenvalue weighted by molar-refractivity contribution is 0.0694. The van der Waals surface area contributed by atoms with Crippen LogP contribution >= 0.6 is 0 Å². The highest BCUT2D eigenvalue weighted by Crippen LogP contribution is 1.75. The van der Waals surface area contributed by atoms with Gasteiger partial charge in [-0.15, -0.1) is 0 Å². The number of nitrogens with two attached hydrogens (primary N) is 1. The molecule has 0 aliphatic heterocycles. The SMILES string of the molecule is NOCn1cncn1. The fraction of sp³-hybridized carbons (Fsp3) is 0.333. The zero-order valence-electron chi connectivity index (χ0n) is 4.19. The summed E-state index contributed by atoms with van der Waals surface area (Å²) < 4.78 is 1.47. The Morgan fingerprint density at radius 1 is 1.75 bits per heavy atom. The van der Waals surface area contributed by atoms with Gasteiger partial charge in [0.1, 0.15) is 12.7 Å². The summed E-state index contributed by atoms with van der Waals surface area (Å²) in [6, 6.07) is 0. The summed E-state index contributed by atoms with van der Waals surface area (Å²) in [5, 5.41) is 3.71. The second-order valence-corrected chi connectivity index (χ2v) is 1.23. The molecule has 8 heavy (non-hydrogen) atoms. The number of aromatic nitrogens is 3. The molecule has 5 heteroatoms. The van der Waals surface area contributed by atoms with Crippen molar-refractivity contribution in [2.45, 2.75) is 6.73 Å². The van der Waals surface area contributed by atoms with Gasteiger partial charge in [-0.25, -0.2) is 15.6 Å². The van der Waals surface area contributed by atoms with Gasteiger partial charge < -0.3 is 0 Å². The third-order valence-corrected chi connectivity index (χ3v) is 0.673. The first-order valence-electron chi connectivity index (χ1n) is 2.07. The van der Waals surface area contributed by atoms with Crippen molar-refractivity contribution in [3.05, 3.63) is 12.7 Å². The first-order chi connectivity index (χ1) is 3.93. The Balaban J connectivity index is 2.50. The van der Waals surface area contributed by atoms with E-state index in [1.807, 2.05) is 0 Å². The van der Waals surface area contributed by atoms with E-state index in [0.717, 1.165) is 0 Å². The number of hydrogen-bond donors (Lipinski definition) is 1. The highest BCUT2D eigenvalue weighted by atomic mass is 16.6. The number of hydrogen-bond acceptors (Lipinski definition) is 4. The molecule has 0 saturated carbocycles. The fourth-order valence-electron chi connectivity index (χ4n) is 0.376. The first-order valence-corrected chi connectivity index (χ1v) is 2.07. The monoisotopic (exact) mass is 114 g/mol. The van der Waals surface area contributed by atoms with Gasteiger partial charge in [-0.05, 0) is 0 Å². The molecular formula is C3H6N4O. The van der Waals surface area contributed by atoms with Crippen molar-refractivity contribution in [3.63, 3.8) is 0 Å². The van der Waals surface area contributed by atoms with Crippen LogP contribution in [0.25, 0.3) is 0 Å². The molecule has 0 unspecified atom stereocenters. The lowest BCUT2D eigenvalue weighted by Gasteiger charge is -1.92. The van der Waals surface area contributed by atoms with Crippen LogP contribution in [0.4, 0.5) is 0 Å². The maximum absolute atomic E-state index is 4.73. The molecule has 0 radical (unpaired) electrons. The molecule has 5 nitrogen and oxygen atoms in total. The predicted octanol–water partition coefficient (Wildman–Crippen LogP) is -0.874. The van der Waals surface area contributed by atoms with Crippen LogP contribution in [0.5, 0.6) is 0 Å². The molecule has 0 amide bonds. The topological polar surface area (TPSA) is 66.0 Å². The van der Waals surface area contributed by atoms with Crippen molar-refractivity contribution >= 4 is 0 Å². The van der Waals surface area contributed by atoms with E-state index in [0.29, 0.717) is 0 Å². The molecule has 1 heterocycles. The lowest BCUT2D eigenvalue weighted by Crippen LogP contribution is -2.06. The summed E-state index contributed by atoms with van der Waals surface area (Å²) in [7, 11) is 0. The Kier molecular flexibility index (Phi) is 1.55. The van der Waals surface area contributed by atoms with Crippen LogP contribution in [0.2, 0.25) is 0 Å². The predicted molar refractivity (Wildman–Crippen MR) is 25.3 cm³/mol. The van der Waals surface area contributed by atoms with E-state index in [1.54, 1.807) is 0 Å². The molecule has 0 aliphatic carbocycles. The van der Waals surface area contributed by atoms with Gasteiger partial charge in [-0.3, -0.25) is 4.84 Å². The molecule has 0 spiro atoms. The van der Waals surface area contributed by atoms with E-state index < -0.39 is 0 Å². The Labute approximate surface area is 46.0 Å². The zero-order chi connectivity index (χ0) is 5.82. The summed E-state index contributed by atoms with van der Waals surface area (Å²) in [6.07, 6.45) is 2.94. The largest absolute Gasteiger partial charge is 0.281 e. The molecule has 2 N–H and O–H groups in total. The van der Waals surface area contributed by atoms with Gasteiger partial charge in [0.25, 0.3) is 0 Å². The Morgan fingerprint density at radius 3 is 3.12 bits per heavy atom. The van der Waals surface area contributed by atoms with E-state index >= 15 is 0 Å². The fourth-order valence-corrected chi connectivity index (χ4v) is 0.376. The molecule has 1 aromatic rings. The normalized spacial score (nSPS) is 9.62. The third kappa shape index (κ3) is 1.02. The smallest absolute Gasteiger partial charge is 0.161 e. The lowest BCUT2D eigenvalue weighted by atomic mass is 11.1. The first kappa shape index (κ1) is 5.20. The maximum atomic E-state index is 4.73. The van der Waals surface area contributed by atoms with Crippen molar-refractivity contribution < 1.29 is 4.84 Å². The number of nitrogens with zero attached hydrogens (tertiary/aromatic N) is 3. The van der Waals surface area contributed by atoms with Crippen LogP contribution in [0.15, 0.2) is 12.7 Å². The van der Waals surface area contributed by atoms with E-state index in [2.05, 4.69) is 14.9 Å². The van der Waals surface area contributed by atoms with Crippen LogP contribution in [-0.2, 0) is 11.6 Å². The van der Waals surface area contributed by atoms with Gasteiger partial charge in [-0.1, -0.05) is 0 Å². The summed E-state index contributed by atoms with van der Waals surface area (Å²) in [5.41, 5.74) is 0. The second kappa shape index (κ2) is 2.39. The van der Waals surface area contributed by atoms with Gasteiger partial charge in [0.2, 0.25) is 0 Å². The minimum absolute atomic E-state index is 0.250. The standard InChI is InChI=1S/C3H6N4O/c4-8-3-7-2-5-1-6-7/h1-2H,3-4H2. The maximum Gasteiger partial charge on any atom is 0.161 e. The van der Waals surface area contributed by atoms with E-state index in [-0.39, 0.29) is 6.73 Å². The summed E-state index contributed by atoms with van der Waals surface area (Å²) in [5.74, 6) is 4.73. The van der Waals surface area contributed by atoms with Crippen LogP contribution in [0.3, 0.4) is 0 Å². The minimum Gasteiger partial charge on any atom is -0.281 e. The van der Waals surface area contributed by atoms with E-state index in [4.69, 9.17) is 5.90 Å². The molecule has 0 atom stereocenters. The molecule has 1 rings (SSSR count). The highest BCUT2D eigenvalue weighted by molar-refractivity contribution is 4.51. The van der Waals surface area contributed by atoms with Crippen LogP contribution < -0.4 is 5.90 Å². The zero-order valence-corrected chi connectivity index (χ0v) is 4.19. The second-order valence-electron chi connectivity index (χ2n) is 1.23. The summed E-state index contributed by atoms with van der Waals surface area (Å²) in [4.78, 5) is 7.90. The molecule has 0 fully saturated rings. The Hall–Kier alpha value is -0.940.